The highest BCUT2D eigenvalue weighted by Crippen LogP contribution is 2.19. The number of esters is 1. The first-order valence-electron chi connectivity index (χ1n) is 6.45. The summed E-state index contributed by atoms with van der Waals surface area (Å²) >= 11 is 5.85. The first-order valence-corrected chi connectivity index (χ1v) is 6.83. The lowest BCUT2D eigenvalue weighted by atomic mass is 10.2. The van der Waals surface area contributed by atoms with Gasteiger partial charge in [-0.1, -0.05) is 23.7 Å². The van der Waals surface area contributed by atoms with E-state index in [4.69, 9.17) is 11.6 Å². The maximum absolute atomic E-state index is 11.0. The van der Waals surface area contributed by atoms with E-state index in [1.807, 2.05) is 12.1 Å². The molecule has 0 bridgehead atoms. The second-order valence-corrected chi connectivity index (χ2v) is 4.72. The summed E-state index contributed by atoms with van der Waals surface area (Å²) in [5.74, 6) is 0.193. The van der Waals surface area contributed by atoms with Crippen LogP contribution in [-0.4, -0.2) is 34.8 Å². The molecule has 2 rings (SSSR count). The molecule has 0 unspecified atom stereocenters. The van der Waals surface area contributed by atoms with E-state index in [2.05, 4.69) is 25.2 Å². The van der Waals surface area contributed by atoms with E-state index in [-0.39, 0.29) is 5.97 Å². The molecule has 0 spiro atoms. The molecular weight excluding hydrogens is 292 g/mol. The van der Waals surface area contributed by atoms with Gasteiger partial charge < -0.3 is 10.1 Å². The quantitative estimate of drug-likeness (QED) is 0.653. The molecule has 1 aromatic carbocycles. The monoisotopic (exact) mass is 306 g/mol. The van der Waals surface area contributed by atoms with Crippen molar-refractivity contribution in [1.82, 2.24) is 15.2 Å². The zero-order valence-electron chi connectivity index (χ0n) is 11.5. The van der Waals surface area contributed by atoms with E-state index in [0.717, 1.165) is 5.56 Å². The van der Waals surface area contributed by atoms with Gasteiger partial charge in [-0.3, -0.25) is 4.79 Å². The second kappa shape index (κ2) is 7.54. The van der Waals surface area contributed by atoms with Crippen LogP contribution in [0.15, 0.2) is 30.5 Å². The molecule has 0 saturated carbocycles. The average molecular weight is 307 g/mol. The number of rotatable bonds is 6. The Morgan fingerprint density at radius 2 is 2.10 bits per heavy atom. The van der Waals surface area contributed by atoms with Crippen molar-refractivity contribution in [2.75, 3.05) is 19.0 Å². The van der Waals surface area contributed by atoms with Crippen LogP contribution in [0.4, 0.5) is 5.95 Å². The number of ether oxygens (including phenoxy) is 1. The Hall–Kier alpha value is -2.21. The Bertz CT molecular complexity index is 604. The van der Waals surface area contributed by atoms with E-state index >= 15 is 0 Å². The Morgan fingerprint density at radius 3 is 2.81 bits per heavy atom. The maximum Gasteiger partial charge on any atom is 0.305 e. The molecule has 0 amide bonds. The van der Waals surface area contributed by atoms with Crippen LogP contribution < -0.4 is 5.32 Å². The molecule has 0 radical (unpaired) electrons. The van der Waals surface area contributed by atoms with Gasteiger partial charge in [0.1, 0.15) is 0 Å². The summed E-state index contributed by atoms with van der Waals surface area (Å²) < 4.78 is 4.57. The first kappa shape index (κ1) is 15.2. The fourth-order valence-corrected chi connectivity index (χ4v) is 1.80. The van der Waals surface area contributed by atoms with Crippen molar-refractivity contribution >= 4 is 23.5 Å². The van der Waals surface area contributed by atoms with E-state index < -0.39 is 0 Å². The van der Waals surface area contributed by atoms with Crippen LogP contribution >= 0.6 is 11.6 Å². The van der Waals surface area contributed by atoms with Crippen LogP contribution in [0.25, 0.3) is 11.3 Å². The number of nitrogens with zero attached hydrogens (tertiary/aromatic N) is 3. The number of aromatic nitrogens is 3. The van der Waals surface area contributed by atoms with Crippen LogP contribution in [0, 0.1) is 0 Å². The summed E-state index contributed by atoms with van der Waals surface area (Å²) in [5.41, 5.74) is 1.61. The Kier molecular flexibility index (Phi) is 5.45. The van der Waals surface area contributed by atoms with Crippen molar-refractivity contribution in [1.29, 1.82) is 0 Å². The van der Waals surface area contributed by atoms with Gasteiger partial charge in [0, 0.05) is 23.6 Å². The molecule has 0 aliphatic heterocycles. The first-order chi connectivity index (χ1) is 10.2. The highest BCUT2D eigenvalue weighted by Gasteiger charge is 2.04. The summed E-state index contributed by atoms with van der Waals surface area (Å²) in [6.45, 7) is 0.570. The zero-order valence-corrected chi connectivity index (χ0v) is 12.3. The Morgan fingerprint density at radius 1 is 1.33 bits per heavy atom. The molecule has 0 atom stereocenters. The molecule has 110 valence electrons. The van der Waals surface area contributed by atoms with Crippen LogP contribution in [0.2, 0.25) is 5.02 Å². The lowest BCUT2D eigenvalue weighted by Crippen LogP contribution is -2.09. The second-order valence-electron chi connectivity index (χ2n) is 4.28. The number of carbonyl (C=O) groups excluding carboxylic acids is 1. The van der Waals surface area contributed by atoms with E-state index in [1.165, 1.54) is 7.11 Å². The van der Waals surface area contributed by atoms with Crippen LogP contribution in [0.1, 0.15) is 12.8 Å². The third-order valence-electron chi connectivity index (χ3n) is 2.77. The molecule has 1 N–H and O–H groups in total. The largest absolute Gasteiger partial charge is 0.469 e. The molecule has 1 heterocycles. The maximum atomic E-state index is 11.0. The third kappa shape index (κ3) is 4.68. The number of nitrogens with one attached hydrogen (secondary N) is 1. The van der Waals surface area contributed by atoms with Gasteiger partial charge in [0.05, 0.1) is 19.0 Å². The van der Waals surface area contributed by atoms with E-state index in [1.54, 1.807) is 18.3 Å². The molecule has 0 aliphatic carbocycles. The van der Waals surface area contributed by atoms with Gasteiger partial charge in [0.25, 0.3) is 0 Å². The van der Waals surface area contributed by atoms with Crippen molar-refractivity contribution < 1.29 is 9.53 Å². The summed E-state index contributed by atoms with van der Waals surface area (Å²) in [6.07, 6.45) is 2.58. The van der Waals surface area contributed by atoms with Crippen LogP contribution in [0.3, 0.4) is 0 Å². The number of methoxy groups -OCH3 is 1. The molecule has 7 heteroatoms. The van der Waals surface area contributed by atoms with Gasteiger partial charge in [0.2, 0.25) is 5.95 Å². The van der Waals surface area contributed by atoms with Crippen molar-refractivity contribution in [3.8, 4) is 11.3 Å². The highest BCUT2D eigenvalue weighted by molar-refractivity contribution is 6.30. The molecular formula is C14H15ClN4O2. The molecule has 2 aromatic rings. The highest BCUT2D eigenvalue weighted by atomic mass is 35.5. The summed E-state index contributed by atoms with van der Waals surface area (Å²) in [7, 11) is 1.37. The normalized spacial score (nSPS) is 10.2. The molecule has 0 fully saturated rings. The van der Waals surface area contributed by atoms with Crippen molar-refractivity contribution in [2.24, 2.45) is 0 Å². The zero-order chi connectivity index (χ0) is 15.1. The standard InChI is InChI=1S/C14H15ClN4O2/c1-21-13(20)3-2-8-16-14-18-12(9-17-19-14)10-4-6-11(15)7-5-10/h4-7,9H,2-3,8H2,1H3,(H,16,18,19). The minimum atomic E-state index is -0.231. The van der Waals surface area contributed by atoms with Crippen LogP contribution in [-0.2, 0) is 9.53 Å². The lowest BCUT2D eigenvalue weighted by Gasteiger charge is -2.05. The summed E-state index contributed by atoms with van der Waals surface area (Å²) in [5, 5.41) is 11.5. The molecule has 0 saturated heterocycles. The average Bonchev–Trinajstić information content (AvgIpc) is 2.52. The minimum absolute atomic E-state index is 0.231. The van der Waals surface area contributed by atoms with E-state index in [0.29, 0.717) is 36.1 Å². The minimum Gasteiger partial charge on any atom is -0.469 e. The number of hydrogen-bond acceptors (Lipinski definition) is 6. The Balaban J connectivity index is 1.95. The van der Waals surface area contributed by atoms with E-state index in [9.17, 15) is 4.79 Å². The molecule has 0 aliphatic rings. The SMILES string of the molecule is COC(=O)CCCNc1nncc(-c2ccc(Cl)cc2)n1. The van der Waals surface area contributed by atoms with Gasteiger partial charge in [-0.05, 0) is 18.6 Å². The smallest absolute Gasteiger partial charge is 0.305 e. The summed E-state index contributed by atoms with van der Waals surface area (Å²) in [4.78, 5) is 15.4. The van der Waals surface area contributed by atoms with Gasteiger partial charge in [-0.25, -0.2) is 4.98 Å². The fourth-order valence-electron chi connectivity index (χ4n) is 1.67. The summed E-state index contributed by atoms with van der Waals surface area (Å²) in [6, 6.07) is 7.33. The van der Waals surface area contributed by atoms with Crippen molar-refractivity contribution in [3.63, 3.8) is 0 Å². The topological polar surface area (TPSA) is 77.0 Å². The predicted octanol–water partition coefficient (Wildman–Crippen LogP) is 2.56. The lowest BCUT2D eigenvalue weighted by molar-refractivity contribution is -0.140. The number of benzene rings is 1. The van der Waals surface area contributed by atoms with Gasteiger partial charge in [-0.2, -0.15) is 5.10 Å². The third-order valence-corrected chi connectivity index (χ3v) is 3.02. The van der Waals surface area contributed by atoms with Gasteiger partial charge in [0.15, 0.2) is 0 Å². The molecule has 21 heavy (non-hydrogen) atoms. The Labute approximate surface area is 127 Å². The number of hydrogen-bond donors (Lipinski definition) is 1. The molecule has 6 nitrogen and oxygen atoms in total. The fraction of sp³-hybridized carbons (Fsp3) is 0.286. The number of anilines is 1. The van der Waals surface area contributed by atoms with Crippen molar-refractivity contribution in [2.45, 2.75) is 12.8 Å². The predicted molar refractivity (Wildman–Crippen MR) is 80.0 cm³/mol. The van der Waals surface area contributed by atoms with Crippen LogP contribution in [0.5, 0.6) is 0 Å². The van der Waals surface area contributed by atoms with Gasteiger partial charge in [-0.15, -0.1) is 5.10 Å². The molecule has 1 aromatic heterocycles. The number of halogens is 1. The van der Waals surface area contributed by atoms with Crippen molar-refractivity contribution in [3.05, 3.63) is 35.5 Å². The number of carbonyl (C=O) groups is 1. The van der Waals surface area contributed by atoms with Gasteiger partial charge >= 0.3 is 5.97 Å².